The van der Waals surface area contributed by atoms with Crippen molar-refractivity contribution in [3.8, 4) is 11.5 Å². The van der Waals surface area contributed by atoms with Gasteiger partial charge in [0.2, 0.25) is 11.7 Å². The number of ether oxygens (including phenoxy) is 2. The summed E-state index contributed by atoms with van der Waals surface area (Å²) < 4.78 is 16.2. The van der Waals surface area contributed by atoms with E-state index >= 15 is 0 Å². The zero-order chi connectivity index (χ0) is 21.8. The smallest absolute Gasteiger partial charge is 0.240 e. The molecule has 0 saturated carbocycles. The summed E-state index contributed by atoms with van der Waals surface area (Å²) in [6, 6.07) is 7.38. The lowest BCUT2D eigenvalue weighted by Gasteiger charge is -2.28. The van der Waals surface area contributed by atoms with Crippen LogP contribution in [-0.4, -0.2) is 57.5 Å². The van der Waals surface area contributed by atoms with Crippen molar-refractivity contribution in [2.45, 2.75) is 13.0 Å². The molecule has 1 aromatic carbocycles. The molecule has 0 aliphatic carbocycles. The molecule has 1 aliphatic heterocycles. The summed E-state index contributed by atoms with van der Waals surface area (Å²) in [7, 11) is 5.42. The molecule has 1 unspecified atom stereocenters. The number of rotatable bonds is 9. The van der Waals surface area contributed by atoms with Gasteiger partial charge in [0.1, 0.15) is 0 Å². The number of likely N-dealkylation sites (N-methyl/N-ethyl adjacent to an activating group) is 1. The summed E-state index contributed by atoms with van der Waals surface area (Å²) >= 11 is 0. The minimum Gasteiger partial charge on any atom is -0.868 e. The second-order valence-electron chi connectivity index (χ2n) is 7.25. The maximum Gasteiger partial charge on any atom is 0.240 e. The molecule has 30 heavy (non-hydrogen) atoms. The molecule has 2 heterocycles. The topological polar surface area (TPSA) is 96.5 Å². The van der Waals surface area contributed by atoms with Crippen molar-refractivity contribution in [2.24, 2.45) is 0 Å². The van der Waals surface area contributed by atoms with E-state index in [1.807, 2.05) is 21.0 Å². The molecule has 2 aromatic rings. The number of nitrogens with one attached hydrogen (secondary N) is 1. The van der Waals surface area contributed by atoms with Crippen LogP contribution in [-0.2, 0) is 4.79 Å². The van der Waals surface area contributed by atoms with Gasteiger partial charge in [-0.25, -0.2) is 0 Å². The minimum absolute atomic E-state index is 0.0223. The summed E-state index contributed by atoms with van der Waals surface area (Å²) in [5.41, 5.74) is 0.480. The van der Waals surface area contributed by atoms with E-state index in [4.69, 9.17) is 13.9 Å². The number of ketones is 1. The molecular weight excluding hydrogens is 388 g/mol. The fraction of sp³-hybridized carbons (Fsp3) is 0.364. The van der Waals surface area contributed by atoms with Crippen LogP contribution in [0.2, 0.25) is 0 Å². The van der Waals surface area contributed by atoms with Crippen molar-refractivity contribution in [3.63, 3.8) is 0 Å². The van der Waals surface area contributed by atoms with Crippen LogP contribution < -0.4 is 19.5 Å². The lowest BCUT2D eigenvalue weighted by Crippen LogP contribution is -3.06. The second-order valence-corrected chi connectivity index (χ2v) is 7.25. The maximum absolute atomic E-state index is 13.1. The molecular formula is C22H26N2O6. The average molecular weight is 414 g/mol. The highest BCUT2D eigenvalue weighted by molar-refractivity contribution is 6.14. The van der Waals surface area contributed by atoms with Crippen LogP contribution in [0, 0.1) is 0 Å². The first-order valence-electron chi connectivity index (χ1n) is 9.79. The van der Waals surface area contributed by atoms with E-state index in [9.17, 15) is 14.7 Å². The number of hydrogen-bond donors (Lipinski definition) is 1. The zero-order valence-corrected chi connectivity index (χ0v) is 17.6. The van der Waals surface area contributed by atoms with E-state index in [0.29, 0.717) is 36.8 Å². The number of Topliss-reactive ketones (excluding diaryl/α,β-unsaturated/α-hetero) is 1. The van der Waals surface area contributed by atoms with Gasteiger partial charge in [0.15, 0.2) is 17.3 Å². The van der Waals surface area contributed by atoms with Crippen LogP contribution in [0.5, 0.6) is 11.5 Å². The summed E-state index contributed by atoms with van der Waals surface area (Å²) in [5.74, 6) is -1.05. The Bertz CT molecular complexity index is 949. The molecule has 3 rings (SSSR count). The zero-order valence-electron chi connectivity index (χ0n) is 17.6. The molecule has 160 valence electrons. The van der Waals surface area contributed by atoms with Crippen molar-refractivity contribution >= 4 is 11.7 Å². The third-order valence-electron chi connectivity index (χ3n) is 4.93. The predicted octanol–water partition coefficient (Wildman–Crippen LogP) is 0.212. The van der Waals surface area contributed by atoms with E-state index in [1.165, 1.54) is 24.3 Å². The Kier molecular flexibility index (Phi) is 6.47. The number of furan rings is 1. The van der Waals surface area contributed by atoms with Gasteiger partial charge in [-0.05, 0) is 42.5 Å². The van der Waals surface area contributed by atoms with Gasteiger partial charge in [-0.3, -0.25) is 9.59 Å². The number of carbonyl (C=O) groups excluding carboxylic acids is 2. The first-order chi connectivity index (χ1) is 14.4. The number of methoxy groups -OCH3 is 1. The Labute approximate surface area is 175 Å². The normalized spacial score (nSPS) is 16.5. The number of amides is 1. The van der Waals surface area contributed by atoms with Crippen LogP contribution >= 0.6 is 0 Å². The number of benzene rings is 1. The maximum atomic E-state index is 13.1. The van der Waals surface area contributed by atoms with E-state index in [2.05, 4.69) is 0 Å². The molecule has 1 N–H and O–H groups in total. The summed E-state index contributed by atoms with van der Waals surface area (Å²) in [6.45, 7) is 3.26. The summed E-state index contributed by atoms with van der Waals surface area (Å²) in [4.78, 5) is 28.4. The van der Waals surface area contributed by atoms with Gasteiger partial charge in [-0.1, -0.05) is 6.07 Å². The molecule has 0 bridgehead atoms. The van der Waals surface area contributed by atoms with Gasteiger partial charge in [0.25, 0.3) is 0 Å². The van der Waals surface area contributed by atoms with Crippen molar-refractivity contribution < 1.29 is 33.5 Å². The van der Waals surface area contributed by atoms with E-state index in [0.717, 1.165) is 4.90 Å². The first kappa shape index (κ1) is 21.4. The van der Waals surface area contributed by atoms with Crippen LogP contribution in [0.1, 0.15) is 29.1 Å². The fourth-order valence-electron chi connectivity index (χ4n) is 3.46. The van der Waals surface area contributed by atoms with Crippen LogP contribution in [0.4, 0.5) is 0 Å². The van der Waals surface area contributed by atoms with E-state index in [1.54, 1.807) is 24.3 Å². The fourth-order valence-corrected chi connectivity index (χ4v) is 3.46. The number of quaternary nitrogens is 1. The number of nitrogens with zero attached hydrogens (tertiary/aromatic N) is 1. The standard InChI is InChI=1S/C22H26N2O6/c1-5-29-15-9-8-14(13-17(15)28-4)19-18(20(25)16-7-6-12-30-16)21(26)22(27)24(19)11-10-23(2)3/h6-9,12-13,19,26H,5,10-11H2,1-4H3. The highest BCUT2D eigenvalue weighted by atomic mass is 16.5. The van der Waals surface area contributed by atoms with Gasteiger partial charge in [-0.2, -0.15) is 0 Å². The van der Waals surface area contributed by atoms with Crippen molar-refractivity contribution in [2.75, 3.05) is 40.9 Å². The molecule has 8 nitrogen and oxygen atoms in total. The highest BCUT2D eigenvalue weighted by Crippen LogP contribution is 2.40. The van der Waals surface area contributed by atoms with Gasteiger partial charge < -0.3 is 28.8 Å². The third kappa shape index (κ3) is 4.04. The second kappa shape index (κ2) is 9.04. The first-order valence-corrected chi connectivity index (χ1v) is 9.79. The lowest BCUT2D eigenvalue weighted by molar-refractivity contribution is -0.857. The molecule has 1 amide bonds. The molecule has 0 saturated heterocycles. The van der Waals surface area contributed by atoms with Gasteiger partial charge in [-0.15, -0.1) is 0 Å². The Morgan fingerprint density at radius 2 is 2.03 bits per heavy atom. The minimum atomic E-state index is -0.827. The van der Waals surface area contributed by atoms with Crippen molar-refractivity contribution in [1.82, 2.24) is 4.90 Å². The molecule has 0 radical (unpaired) electrons. The molecule has 1 aromatic heterocycles. The average Bonchev–Trinajstić information content (AvgIpc) is 3.34. The molecule has 0 fully saturated rings. The predicted molar refractivity (Wildman–Crippen MR) is 106 cm³/mol. The monoisotopic (exact) mass is 414 g/mol. The Hall–Kier alpha value is -3.26. The van der Waals surface area contributed by atoms with Crippen molar-refractivity contribution in [1.29, 1.82) is 0 Å². The number of carbonyl (C=O) groups is 2. The SMILES string of the molecule is CCOc1ccc(C2C(C(=O)c3ccco3)=C([O-])C(=O)N2CC[NH+](C)C)cc1OC. The quantitative estimate of drug-likeness (QED) is 0.590. The number of hydrogen-bond acceptors (Lipinski definition) is 6. The summed E-state index contributed by atoms with van der Waals surface area (Å²) in [5, 5.41) is 12.9. The van der Waals surface area contributed by atoms with Crippen LogP contribution in [0.3, 0.4) is 0 Å². The molecule has 1 aliphatic rings. The van der Waals surface area contributed by atoms with Gasteiger partial charge in [0, 0.05) is 5.57 Å². The van der Waals surface area contributed by atoms with E-state index in [-0.39, 0.29) is 11.3 Å². The van der Waals surface area contributed by atoms with Crippen LogP contribution in [0.25, 0.3) is 0 Å². The Balaban J connectivity index is 2.08. The molecule has 1 atom stereocenters. The van der Waals surface area contributed by atoms with Gasteiger partial charge in [0.05, 0.1) is 53.2 Å². The molecule has 8 heteroatoms. The third-order valence-corrected chi connectivity index (χ3v) is 4.93. The molecule has 0 spiro atoms. The Morgan fingerprint density at radius 3 is 2.63 bits per heavy atom. The van der Waals surface area contributed by atoms with E-state index < -0.39 is 23.5 Å². The largest absolute Gasteiger partial charge is 0.868 e. The van der Waals surface area contributed by atoms with Crippen LogP contribution in [0.15, 0.2) is 52.3 Å². The lowest BCUT2D eigenvalue weighted by atomic mass is 9.94. The highest BCUT2D eigenvalue weighted by Gasteiger charge is 2.40. The van der Waals surface area contributed by atoms with Gasteiger partial charge >= 0.3 is 0 Å². The Morgan fingerprint density at radius 1 is 1.27 bits per heavy atom. The van der Waals surface area contributed by atoms with Crippen molar-refractivity contribution in [3.05, 3.63) is 59.3 Å². The summed E-state index contributed by atoms with van der Waals surface area (Å²) in [6.07, 6.45) is 1.36.